The number of benzene rings is 1. The number of rotatable bonds is 6. The first-order valence-electron chi connectivity index (χ1n) is 8.40. The standard InChI is InChI=1S/C18H21N3O4S/c1-13-4-2-10-19-17(13)21-18(22)14-6-8-16(9-7-14)26(23,24)20-12-15-5-3-11-25-15/h2,4,6-10,15,20H,3,5,11-12H2,1H3,(H,19,21,22). The van der Waals surface area contributed by atoms with Crippen LogP contribution in [0.5, 0.6) is 0 Å². The molecule has 3 rings (SSSR count). The number of nitrogens with zero attached hydrogens (tertiary/aromatic N) is 1. The van der Waals surface area contributed by atoms with Crippen LogP contribution in [0.25, 0.3) is 0 Å². The molecule has 2 N–H and O–H groups in total. The minimum absolute atomic E-state index is 0.0727. The second-order valence-electron chi connectivity index (χ2n) is 6.13. The third-order valence-electron chi connectivity index (χ3n) is 4.19. The molecule has 1 amide bonds. The molecule has 8 heteroatoms. The Balaban J connectivity index is 1.65. The van der Waals surface area contributed by atoms with Gasteiger partial charge in [-0.25, -0.2) is 18.1 Å². The largest absolute Gasteiger partial charge is 0.377 e. The molecule has 0 saturated carbocycles. The lowest BCUT2D eigenvalue weighted by Gasteiger charge is -2.12. The van der Waals surface area contributed by atoms with Crippen LogP contribution in [-0.2, 0) is 14.8 Å². The molecule has 1 aromatic carbocycles. The molecule has 1 aromatic heterocycles. The fourth-order valence-electron chi connectivity index (χ4n) is 2.67. The minimum atomic E-state index is -3.63. The van der Waals surface area contributed by atoms with E-state index in [1.165, 1.54) is 24.3 Å². The van der Waals surface area contributed by atoms with Crippen molar-refractivity contribution in [3.63, 3.8) is 0 Å². The molecular formula is C18H21N3O4S. The van der Waals surface area contributed by atoms with Gasteiger partial charge in [-0.05, 0) is 55.7 Å². The van der Waals surface area contributed by atoms with Crippen LogP contribution in [0.3, 0.4) is 0 Å². The average Bonchev–Trinajstić information content (AvgIpc) is 3.16. The number of amides is 1. The number of anilines is 1. The van der Waals surface area contributed by atoms with E-state index in [1.54, 1.807) is 12.3 Å². The van der Waals surface area contributed by atoms with Gasteiger partial charge in [0.15, 0.2) is 0 Å². The number of sulfonamides is 1. The number of hydrogen-bond acceptors (Lipinski definition) is 5. The van der Waals surface area contributed by atoms with E-state index in [0.717, 1.165) is 18.4 Å². The van der Waals surface area contributed by atoms with Gasteiger partial charge in [-0.3, -0.25) is 4.79 Å². The molecule has 1 fully saturated rings. The summed E-state index contributed by atoms with van der Waals surface area (Å²) in [4.78, 5) is 16.5. The van der Waals surface area contributed by atoms with E-state index >= 15 is 0 Å². The smallest absolute Gasteiger partial charge is 0.256 e. The zero-order valence-electron chi connectivity index (χ0n) is 14.4. The number of carbonyl (C=O) groups excluding carboxylic acids is 1. The van der Waals surface area contributed by atoms with Crippen LogP contribution in [0.2, 0.25) is 0 Å². The second-order valence-corrected chi connectivity index (χ2v) is 7.90. The number of pyridine rings is 1. The maximum atomic E-state index is 12.3. The summed E-state index contributed by atoms with van der Waals surface area (Å²) in [5.41, 5.74) is 1.20. The molecule has 1 atom stereocenters. The summed E-state index contributed by atoms with van der Waals surface area (Å²) in [7, 11) is -3.63. The van der Waals surface area contributed by atoms with Crippen LogP contribution >= 0.6 is 0 Å². The van der Waals surface area contributed by atoms with Gasteiger partial charge in [0.05, 0.1) is 11.0 Å². The topological polar surface area (TPSA) is 97.4 Å². The van der Waals surface area contributed by atoms with Gasteiger partial charge < -0.3 is 10.1 Å². The molecule has 2 heterocycles. The molecule has 1 aliphatic rings. The highest BCUT2D eigenvalue weighted by Crippen LogP contribution is 2.15. The van der Waals surface area contributed by atoms with E-state index < -0.39 is 10.0 Å². The zero-order valence-corrected chi connectivity index (χ0v) is 15.3. The summed E-state index contributed by atoms with van der Waals surface area (Å²) >= 11 is 0. The molecule has 0 bridgehead atoms. The first kappa shape index (κ1) is 18.5. The Labute approximate surface area is 152 Å². The highest BCUT2D eigenvalue weighted by Gasteiger charge is 2.20. The van der Waals surface area contributed by atoms with E-state index in [4.69, 9.17) is 4.74 Å². The second kappa shape index (κ2) is 7.94. The van der Waals surface area contributed by atoms with Crippen LogP contribution in [-0.4, -0.2) is 38.6 Å². The Morgan fingerprint density at radius 2 is 2.04 bits per heavy atom. The Morgan fingerprint density at radius 3 is 2.69 bits per heavy atom. The average molecular weight is 375 g/mol. The summed E-state index contributed by atoms with van der Waals surface area (Å²) in [5, 5.41) is 2.72. The monoisotopic (exact) mass is 375 g/mol. The Hall–Kier alpha value is -2.29. The van der Waals surface area contributed by atoms with Crippen molar-refractivity contribution >= 4 is 21.7 Å². The van der Waals surface area contributed by atoms with Gasteiger partial charge in [-0.15, -0.1) is 0 Å². The van der Waals surface area contributed by atoms with Gasteiger partial charge in [0, 0.05) is 24.9 Å². The molecule has 26 heavy (non-hydrogen) atoms. The van der Waals surface area contributed by atoms with E-state index in [9.17, 15) is 13.2 Å². The highest BCUT2D eigenvalue weighted by atomic mass is 32.2. The van der Waals surface area contributed by atoms with Crippen molar-refractivity contribution in [3.05, 3.63) is 53.7 Å². The molecule has 1 aliphatic heterocycles. The van der Waals surface area contributed by atoms with Crippen LogP contribution < -0.4 is 10.0 Å². The van der Waals surface area contributed by atoms with Crippen LogP contribution in [0.15, 0.2) is 47.5 Å². The van der Waals surface area contributed by atoms with Crippen molar-refractivity contribution < 1.29 is 17.9 Å². The van der Waals surface area contributed by atoms with Crippen molar-refractivity contribution in [1.29, 1.82) is 0 Å². The van der Waals surface area contributed by atoms with Crippen molar-refractivity contribution in [2.75, 3.05) is 18.5 Å². The first-order valence-corrected chi connectivity index (χ1v) is 9.88. The first-order chi connectivity index (χ1) is 12.5. The molecule has 0 spiro atoms. The third kappa shape index (κ3) is 4.46. The van der Waals surface area contributed by atoms with Gasteiger partial charge in [0.2, 0.25) is 10.0 Å². The summed E-state index contributed by atoms with van der Waals surface area (Å²) < 4.78 is 32.6. The lowest BCUT2D eigenvalue weighted by atomic mass is 10.2. The van der Waals surface area contributed by atoms with Gasteiger partial charge in [0.1, 0.15) is 5.82 Å². The van der Waals surface area contributed by atoms with E-state index in [-0.39, 0.29) is 23.5 Å². The number of aromatic nitrogens is 1. The van der Waals surface area contributed by atoms with E-state index in [1.807, 2.05) is 13.0 Å². The lowest BCUT2D eigenvalue weighted by Crippen LogP contribution is -2.31. The van der Waals surface area contributed by atoms with E-state index in [0.29, 0.717) is 18.0 Å². The van der Waals surface area contributed by atoms with E-state index in [2.05, 4.69) is 15.0 Å². The lowest BCUT2D eigenvalue weighted by molar-refractivity contribution is 0.102. The van der Waals surface area contributed by atoms with Gasteiger partial charge in [0.25, 0.3) is 5.91 Å². The molecule has 7 nitrogen and oxygen atoms in total. The number of aryl methyl sites for hydroxylation is 1. The number of nitrogens with one attached hydrogen (secondary N) is 2. The number of ether oxygens (including phenoxy) is 1. The maximum Gasteiger partial charge on any atom is 0.256 e. The summed E-state index contributed by atoms with van der Waals surface area (Å²) in [6.07, 6.45) is 3.33. The zero-order chi connectivity index (χ0) is 18.6. The normalized spacial score (nSPS) is 17.2. The number of hydrogen-bond donors (Lipinski definition) is 2. The van der Waals surface area contributed by atoms with Gasteiger partial charge in [-0.2, -0.15) is 0 Å². The fourth-order valence-corrected chi connectivity index (χ4v) is 3.74. The van der Waals surface area contributed by atoms with Crippen molar-refractivity contribution in [1.82, 2.24) is 9.71 Å². The van der Waals surface area contributed by atoms with Crippen molar-refractivity contribution in [2.45, 2.75) is 30.8 Å². The molecule has 1 saturated heterocycles. The minimum Gasteiger partial charge on any atom is -0.377 e. The fraction of sp³-hybridized carbons (Fsp3) is 0.333. The predicted octanol–water partition coefficient (Wildman–Crippen LogP) is 2.10. The SMILES string of the molecule is Cc1cccnc1NC(=O)c1ccc(S(=O)(=O)NCC2CCCO2)cc1. The molecular weight excluding hydrogens is 354 g/mol. The molecule has 2 aromatic rings. The maximum absolute atomic E-state index is 12.3. The Kier molecular flexibility index (Phi) is 5.65. The predicted molar refractivity (Wildman–Crippen MR) is 97.5 cm³/mol. The molecule has 0 aliphatic carbocycles. The third-order valence-corrected chi connectivity index (χ3v) is 5.63. The van der Waals surface area contributed by atoms with Crippen molar-refractivity contribution in [3.8, 4) is 0 Å². The summed E-state index contributed by atoms with van der Waals surface area (Å²) in [5.74, 6) is 0.135. The molecule has 0 radical (unpaired) electrons. The van der Waals surface area contributed by atoms with Crippen LogP contribution in [0.1, 0.15) is 28.8 Å². The van der Waals surface area contributed by atoms with Crippen molar-refractivity contribution in [2.24, 2.45) is 0 Å². The molecule has 1 unspecified atom stereocenters. The molecule has 138 valence electrons. The van der Waals surface area contributed by atoms with Gasteiger partial charge >= 0.3 is 0 Å². The Morgan fingerprint density at radius 1 is 1.27 bits per heavy atom. The Bertz CT molecular complexity index is 876. The van der Waals surface area contributed by atoms with Gasteiger partial charge in [-0.1, -0.05) is 6.07 Å². The summed E-state index contributed by atoms with van der Waals surface area (Å²) in [6.45, 7) is 2.77. The number of carbonyl (C=O) groups is 1. The van der Waals surface area contributed by atoms with Crippen LogP contribution in [0, 0.1) is 6.92 Å². The summed E-state index contributed by atoms with van der Waals surface area (Å²) in [6, 6.07) is 9.42. The highest BCUT2D eigenvalue weighted by molar-refractivity contribution is 7.89. The quantitative estimate of drug-likeness (QED) is 0.806. The van der Waals surface area contributed by atoms with Crippen LogP contribution in [0.4, 0.5) is 5.82 Å².